The quantitative estimate of drug-likeness (QED) is 0.668. The molecule has 1 aromatic heterocycles. The van der Waals surface area contributed by atoms with Crippen LogP contribution in [0.3, 0.4) is 0 Å². The van der Waals surface area contributed by atoms with Crippen molar-refractivity contribution in [2.45, 2.75) is 0 Å². The van der Waals surface area contributed by atoms with E-state index in [1.165, 1.54) is 30.6 Å². The Morgan fingerprint density at radius 2 is 1.95 bits per heavy atom. The van der Waals surface area contributed by atoms with Gasteiger partial charge in [-0.15, -0.1) is 11.3 Å². The summed E-state index contributed by atoms with van der Waals surface area (Å²) in [6.45, 7) is 0. The van der Waals surface area contributed by atoms with Crippen LogP contribution < -0.4 is 5.32 Å². The van der Waals surface area contributed by atoms with Crippen molar-refractivity contribution >= 4 is 72.4 Å². The van der Waals surface area contributed by atoms with E-state index in [1.807, 2.05) is 0 Å². The van der Waals surface area contributed by atoms with Gasteiger partial charge < -0.3 is 10.1 Å². The highest BCUT2D eigenvalue weighted by Gasteiger charge is 2.16. The minimum Gasteiger partial charge on any atom is -0.465 e. The highest BCUT2D eigenvalue weighted by atomic mass is 79.9. The molecule has 21 heavy (non-hydrogen) atoms. The summed E-state index contributed by atoms with van der Waals surface area (Å²) in [6.07, 6.45) is 0. The summed E-state index contributed by atoms with van der Waals surface area (Å²) in [4.78, 5) is 23.7. The minimum atomic E-state index is -0.560. The molecule has 1 N–H and O–H groups in total. The molecule has 0 fully saturated rings. The zero-order chi connectivity index (χ0) is 15.6. The maximum Gasteiger partial charge on any atom is 0.339 e. The van der Waals surface area contributed by atoms with Gasteiger partial charge in [-0.1, -0.05) is 11.6 Å². The zero-order valence-corrected chi connectivity index (χ0v) is 15.3. The van der Waals surface area contributed by atoms with Crippen molar-refractivity contribution in [3.05, 3.63) is 48.0 Å². The molecule has 1 amide bonds. The van der Waals surface area contributed by atoms with Crippen LogP contribution in [-0.2, 0) is 4.74 Å². The van der Waals surface area contributed by atoms with Gasteiger partial charge in [0.2, 0.25) is 0 Å². The summed E-state index contributed by atoms with van der Waals surface area (Å²) in [7, 11) is 1.27. The number of rotatable bonds is 3. The summed E-state index contributed by atoms with van der Waals surface area (Å²) >= 11 is 14.0. The molecule has 0 atom stereocenters. The number of nitrogens with one attached hydrogen (secondary N) is 1. The number of benzene rings is 1. The van der Waals surface area contributed by atoms with Gasteiger partial charge in [-0.2, -0.15) is 0 Å². The van der Waals surface area contributed by atoms with E-state index in [0.29, 0.717) is 15.0 Å². The Labute approximate surface area is 146 Å². The number of ether oxygens (including phenoxy) is 1. The molecule has 4 nitrogen and oxygen atoms in total. The van der Waals surface area contributed by atoms with Crippen LogP contribution in [0.2, 0.25) is 5.02 Å². The Hall–Kier alpha value is -0.890. The van der Waals surface area contributed by atoms with E-state index < -0.39 is 5.97 Å². The van der Waals surface area contributed by atoms with E-state index in [4.69, 9.17) is 11.6 Å². The Morgan fingerprint density at radius 1 is 1.24 bits per heavy atom. The summed E-state index contributed by atoms with van der Waals surface area (Å²) in [5.41, 5.74) is 1.16. The number of carbonyl (C=O) groups is 2. The molecule has 2 aromatic rings. The van der Waals surface area contributed by atoms with Crippen molar-refractivity contribution in [3.8, 4) is 0 Å². The number of hydrogen-bond donors (Lipinski definition) is 1. The lowest BCUT2D eigenvalue weighted by Crippen LogP contribution is -2.12. The second-order valence-electron chi connectivity index (χ2n) is 3.88. The number of carbonyl (C=O) groups excluding carboxylic acids is 2. The predicted octanol–water partition coefficient (Wildman–Crippen LogP) is 4.97. The largest absolute Gasteiger partial charge is 0.465 e. The molecular weight excluding hydrogens is 445 g/mol. The average molecular weight is 454 g/mol. The number of amides is 1. The monoisotopic (exact) mass is 451 g/mol. The van der Waals surface area contributed by atoms with E-state index in [9.17, 15) is 9.59 Å². The van der Waals surface area contributed by atoms with Gasteiger partial charge in [0.15, 0.2) is 0 Å². The van der Waals surface area contributed by atoms with Crippen molar-refractivity contribution in [3.63, 3.8) is 0 Å². The van der Waals surface area contributed by atoms with Gasteiger partial charge in [0.05, 0.1) is 30.8 Å². The van der Waals surface area contributed by atoms with Gasteiger partial charge in [0.25, 0.3) is 5.91 Å². The normalized spacial score (nSPS) is 10.3. The van der Waals surface area contributed by atoms with Gasteiger partial charge in [-0.3, -0.25) is 4.79 Å². The van der Waals surface area contributed by atoms with Crippen LogP contribution in [0, 0.1) is 0 Å². The van der Waals surface area contributed by atoms with Crippen LogP contribution in [0.4, 0.5) is 5.69 Å². The van der Waals surface area contributed by atoms with E-state index in [0.717, 1.165) is 3.79 Å². The lowest BCUT2D eigenvalue weighted by Gasteiger charge is -2.07. The van der Waals surface area contributed by atoms with Gasteiger partial charge >= 0.3 is 5.97 Å². The summed E-state index contributed by atoms with van der Waals surface area (Å²) in [6, 6.07) is 6.33. The first kappa shape index (κ1) is 16.5. The number of halogens is 3. The SMILES string of the molecule is COC(=O)c1cc(NC(=O)c2cc(Br)sc2Br)ccc1Cl. The summed E-state index contributed by atoms with van der Waals surface area (Å²) in [5.74, 6) is -0.850. The first-order chi connectivity index (χ1) is 9.92. The molecule has 0 aliphatic heterocycles. The standard InChI is InChI=1S/C13H8Br2ClNO3S/c1-20-13(19)7-4-6(2-3-9(7)16)17-12(18)8-5-10(14)21-11(8)15/h2-5H,1H3,(H,17,18). The first-order valence-electron chi connectivity index (χ1n) is 5.56. The smallest absolute Gasteiger partial charge is 0.339 e. The molecule has 8 heteroatoms. The molecule has 0 saturated carbocycles. The first-order valence-corrected chi connectivity index (χ1v) is 8.34. The fourth-order valence-corrected chi connectivity index (χ4v) is 4.55. The van der Waals surface area contributed by atoms with E-state index in [-0.39, 0.29) is 16.5 Å². The molecule has 1 aromatic carbocycles. The van der Waals surface area contributed by atoms with Crippen molar-refractivity contribution in [2.24, 2.45) is 0 Å². The second-order valence-corrected chi connectivity index (χ2v) is 8.03. The third kappa shape index (κ3) is 3.85. The van der Waals surface area contributed by atoms with Gasteiger partial charge in [-0.25, -0.2) is 4.79 Å². The minimum absolute atomic E-state index is 0.197. The van der Waals surface area contributed by atoms with Gasteiger partial charge in [0, 0.05) is 5.69 Å². The van der Waals surface area contributed by atoms with Crippen molar-refractivity contribution in [1.29, 1.82) is 0 Å². The van der Waals surface area contributed by atoms with Crippen LogP contribution in [-0.4, -0.2) is 19.0 Å². The van der Waals surface area contributed by atoms with E-state index in [2.05, 4.69) is 41.9 Å². The van der Waals surface area contributed by atoms with E-state index in [1.54, 1.807) is 12.1 Å². The number of methoxy groups -OCH3 is 1. The van der Waals surface area contributed by atoms with Gasteiger partial charge in [-0.05, 0) is 56.1 Å². The number of anilines is 1. The van der Waals surface area contributed by atoms with Crippen LogP contribution in [0.1, 0.15) is 20.7 Å². The van der Waals surface area contributed by atoms with Crippen LogP contribution in [0.15, 0.2) is 31.8 Å². The molecule has 0 aliphatic rings. The van der Waals surface area contributed by atoms with E-state index >= 15 is 0 Å². The highest BCUT2D eigenvalue weighted by Crippen LogP contribution is 2.32. The lowest BCUT2D eigenvalue weighted by molar-refractivity contribution is 0.0600. The molecule has 0 unspecified atom stereocenters. The molecule has 0 aliphatic carbocycles. The summed E-state index contributed by atoms with van der Waals surface area (Å²) in [5, 5.41) is 2.97. The third-order valence-corrected chi connectivity index (χ3v) is 5.20. The van der Waals surface area contributed by atoms with Gasteiger partial charge in [0.1, 0.15) is 0 Å². The topological polar surface area (TPSA) is 55.4 Å². The molecule has 1 heterocycles. The molecule has 0 saturated heterocycles. The second kappa shape index (κ2) is 6.91. The fraction of sp³-hybridized carbons (Fsp3) is 0.0769. The Kier molecular flexibility index (Phi) is 5.43. The molecule has 0 bridgehead atoms. The lowest BCUT2D eigenvalue weighted by atomic mass is 10.2. The predicted molar refractivity (Wildman–Crippen MR) is 90.5 cm³/mol. The Bertz CT molecular complexity index is 717. The zero-order valence-electron chi connectivity index (χ0n) is 10.6. The van der Waals surface area contributed by atoms with Crippen LogP contribution in [0.5, 0.6) is 0 Å². The fourth-order valence-electron chi connectivity index (χ4n) is 1.56. The Balaban J connectivity index is 2.26. The molecule has 0 spiro atoms. The van der Waals surface area contributed by atoms with Crippen molar-refractivity contribution in [2.75, 3.05) is 12.4 Å². The molecule has 2 rings (SSSR count). The highest BCUT2D eigenvalue weighted by molar-refractivity contribution is 9.12. The maximum atomic E-state index is 12.2. The Morgan fingerprint density at radius 3 is 2.52 bits per heavy atom. The third-order valence-electron chi connectivity index (χ3n) is 2.53. The van der Waals surface area contributed by atoms with Crippen molar-refractivity contribution < 1.29 is 14.3 Å². The maximum absolute atomic E-state index is 12.2. The number of hydrogen-bond acceptors (Lipinski definition) is 4. The number of esters is 1. The van der Waals surface area contributed by atoms with Crippen LogP contribution >= 0.6 is 54.8 Å². The van der Waals surface area contributed by atoms with Crippen LogP contribution in [0.25, 0.3) is 0 Å². The molecule has 0 radical (unpaired) electrons. The van der Waals surface area contributed by atoms with Crippen molar-refractivity contribution in [1.82, 2.24) is 0 Å². The molecule has 110 valence electrons. The molecular formula is C13H8Br2ClNO3S. The average Bonchev–Trinajstić information content (AvgIpc) is 2.79. The summed E-state index contributed by atoms with van der Waals surface area (Å²) < 4.78 is 6.19. The number of thiophene rings is 1.